The van der Waals surface area contributed by atoms with Gasteiger partial charge in [-0.15, -0.1) is 6.58 Å². The van der Waals surface area contributed by atoms with Crippen LogP contribution in [0.2, 0.25) is 0 Å². The summed E-state index contributed by atoms with van der Waals surface area (Å²) in [5.41, 5.74) is 5.87. The molecule has 0 bridgehead atoms. The second kappa shape index (κ2) is 7.73. The van der Waals surface area contributed by atoms with Crippen LogP contribution in [-0.2, 0) is 6.54 Å². The molecule has 0 aliphatic rings. The maximum absolute atomic E-state index is 13.2. The first-order valence-corrected chi connectivity index (χ1v) is 9.94. The number of anilines is 1. The van der Waals surface area contributed by atoms with Gasteiger partial charge in [-0.05, 0) is 66.8 Å². The Morgan fingerprint density at radius 3 is 2.59 bits per heavy atom. The molecule has 0 saturated heterocycles. The van der Waals surface area contributed by atoms with Gasteiger partial charge in [0.1, 0.15) is 5.69 Å². The lowest BCUT2D eigenvalue weighted by Crippen LogP contribution is -2.18. The average molecular weight is 425 g/mol. The van der Waals surface area contributed by atoms with Crippen molar-refractivity contribution < 1.29 is 4.79 Å². The zero-order valence-electron chi connectivity index (χ0n) is 16.3. The lowest BCUT2D eigenvalue weighted by Gasteiger charge is -2.12. The fourth-order valence-electron chi connectivity index (χ4n) is 3.46. The average Bonchev–Trinajstić information content (AvgIpc) is 2.89. The third kappa shape index (κ3) is 3.72. The van der Waals surface area contributed by atoms with Crippen LogP contribution in [0.5, 0.6) is 0 Å². The third-order valence-electron chi connectivity index (χ3n) is 4.97. The highest BCUT2D eigenvalue weighted by atomic mass is 79.9. The van der Waals surface area contributed by atoms with Gasteiger partial charge in [0.2, 0.25) is 0 Å². The van der Waals surface area contributed by atoms with Gasteiger partial charge in [0.25, 0.3) is 5.91 Å². The van der Waals surface area contributed by atoms with Crippen LogP contribution in [0.25, 0.3) is 10.9 Å². The number of allylic oxidation sites excluding steroid dienone is 1. The molecule has 0 fully saturated rings. The molecule has 4 heteroatoms. The molecule has 0 unspecified atom stereocenters. The Labute approximate surface area is 169 Å². The van der Waals surface area contributed by atoms with Crippen LogP contribution < -0.4 is 5.32 Å². The van der Waals surface area contributed by atoms with Crippen molar-refractivity contribution in [3.63, 3.8) is 0 Å². The normalized spacial score (nSPS) is 11.2. The summed E-state index contributed by atoms with van der Waals surface area (Å²) in [4.78, 5) is 13.2. The molecule has 0 radical (unpaired) electrons. The molecule has 0 saturated carbocycles. The second-order valence-corrected chi connectivity index (χ2v) is 8.13. The number of carbonyl (C=O) groups is 1. The lowest BCUT2D eigenvalue weighted by molar-refractivity contribution is 0.101. The number of aromatic nitrogens is 1. The van der Waals surface area contributed by atoms with Gasteiger partial charge >= 0.3 is 0 Å². The van der Waals surface area contributed by atoms with E-state index in [1.807, 2.05) is 42.7 Å². The van der Waals surface area contributed by atoms with Crippen molar-refractivity contribution in [1.29, 1.82) is 0 Å². The smallest absolute Gasteiger partial charge is 0.272 e. The number of rotatable bonds is 5. The van der Waals surface area contributed by atoms with Crippen molar-refractivity contribution in [2.45, 2.75) is 40.2 Å². The van der Waals surface area contributed by atoms with Crippen LogP contribution >= 0.6 is 15.9 Å². The standard InChI is InChI=1S/C23H25BrN2O/c1-6-11-26-21-10-7-17(14(2)3)13-19(21)16(5)22(26)23(27)25-20-9-8-18(24)12-15(20)4/h6-10,12-14H,1,11H2,2-5H3,(H,25,27). The number of fused-ring (bicyclic) bond motifs is 1. The predicted octanol–water partition coefficient (Wildman–Crippen LogP) is 6.58. The van der Waals surface area contributed by atoms with Gasteiger partial charge in [-0.3, -0.25) is 4.79 Å². The lowest BCUT2D eigenvalue weighted by atomic mass is 10.0. The van der Waals surface area contributed by atoms with Crippen molar-refractivity contribution in [3.05, 3.63) is 75.9 Å². The molecule has 1 heterocycles. The highest BCUT2D eigenvalue weighted by Gasteiger charge is 2.21. The van der Waals surface area contributed by atoms with Crippen molar-refractivity contribution in [3.8, 4) is 0 Å². The van der Waals surface area contributed by atoms with Gasteiger partial charge in [-0.25, -0.2) is 0 Å². The van der Waals surface area contributed by atoms with E-state index in [-0.39, 0.29) is 5.91 Å². The molecule has 27 heavy (non-hydrogen) atoms. The Hall–Kier alpha value is -2.33. The molecular formula is C23H25BrN2O. The van der Waals surface area contributed by atoms with Crippen molar-refractivity contribution in [1.82, 2.24) is 4.57 Å². The number of nitrogens with one attached hydrogen (secondary N) is 1. The SMILES string of the molecule is C=CCn1c(C(=O)Nc2ccc(Br)cc2C)c(C)c2cc(C(C)C)ccc21. The van der Waals surface area contributed by atoms with Gasteiger partial charge in [-0.1, -0.05) is 41.9 Å². The molecule has 2 aromatic carbocycles. The van der Waals surface area contributed by atoms with E-state index < -0.39 is 0 Å². The highest BCUT2D eigenvalue weighted by molar-refractivity contribution is 9.10. The number of hydrogen-bond donors (Lipinski definition) is 1. The van der Waals surface area contributed by atoms with Crippen LogP contribution in [0.15, 0.2) is 53.5 Å². The van der Waals surface area contributed by atoms with Crippen molar-refractivity contribution in [2.24, 2.45) is 0 Å². The third-order valence-corrected chi connectivity index (χ3v) is 5.46. The maximum atomic E-state index is 13.2. The van der Waals surface area contributed by atoms with E-state index in [0.717, 1.165) is 32.2 Å². The van der Waals surface area contributed by atoms with Crippen LogP contribution in [0.1, 0.15) is 46.9 Å². The van der Waals surface area contributed by atoms with Crippen LogP contribution in [-0.4, -0.2) is 10.5 Å². The predicted molar refractivity (Wildman–Crippen MR) is 118 cm³/mol. The second-order valence-electron chi connectivity index (χ2n) is 7.22. The largest absolute Gasteiger partial charge is 0.332 e. The quantitative estimate of drug-likeness (QED) is 0.460. The fraction of sp³-hybridized carbons (Fsp3) is 0.261. The minimum atomic E-state index is -0.0953. The van der Waals surface area contributed by atoms with Crippen LogP contribution in [0.3, 0.4) is 0 Å². The number of carbonyl (C=O) groups excluding carboxylic acids is 1. The number of amides is 1. The molecular weight excluding hydrogens is 400 g/mol. The Bertz CT molecular complexity index is 1030. The summed E-state index contributed by atoms with van der Waals surface area (Å²) in [6.45, 7) is 12.8. The summed E-state index contributed by atoms with van der Waals surface area (Å²) in [7, 11) is 0. The molecule has 0 aliphatic carbocycles. The summed E-state index contributed by atoms with van der Waals surface area (Å²) in [5, 5.41) is 4.20. The molecule has 3 rings (SSSR count). The Morgan fingerprint density at radius 1 is 1.22 bits per heavy atom. The summed E-state index contributed by atoms with van der Waals surface area (Å²) in [6, 6.07) is 12.3. The van der Waals surface area contributed by atoms with E-state index in [0.29, 0.717) is 18.2 Å². The van der Waals surface area contributed by atoms with Crippen LogP contribution in [0.4, 0.5) is 5.69 Å². The fourth-order valence-corrected chi connectivity index (χ4v) is 3.93. The van der Waals surface area contributed by atoms with E-state index in [1.54, 1.807) is 0 Å². The molecule has 1 N–H and O–H groups in total. The van der Waals surface area contributed by atoms with E-state index >= 15 is 0 Å². The molecule has 1 amide bonds. The van der Waals surface area contributed by atoms with Gasteiger partial charge in [0.15, 0.2) is 0 Å². The Morgan fingerprint density at radius 2 is 1.96 bits per heavy atom. The summed E-state index contributed by atoms with van der Waals surface area (Å²) >= 11 is 3.46. The van der Waals surface area contributed by atoms with Crippen molar-refractivity contribution in [2.75, 3.05) is 5.32 Å². The van der Waals surface area contributed by atoms with E-state index in [9.17, 15) is 4.79 Å². The zero-order valence-corrected chi connectivity index (χ0v) is 17.9. The number of halogens is 1. The van der Waals surface area contributed by atoms with E-state index in [1.165, 1.54) is 5.56 Å². The molecule has 3 nitrogen and oxygen atoms in total. The summed E-state index contributed by atoms with van der Waals surface area (Å²) in [5.74, 6) is 0.348. The number of hydrogen-bond acceptors (Lipinski definition) is 1. The van der Waals surface area contributed by atoms with Crippen molar-refractivity contribution >= 4 is 38.4 Å². The van der Waals surface area contributed by atoms with Gasteiger partial charge in [-0.2, -0.15) is 0 Å². The number of aryl methyl sites for hydroxylation is 2. The summed E-state index contributed by atoms with van der Waals surface area (Å²) in [6.07, 6.45) is 1.83. The Kier molecular flexibility index (Phi) is 5.56. The molecule has 0 atom stereocenters. The monoisotopic (exact) mass is 424 g/mol. The molecule has 0 spiro atoms. The molecule has 3 aromatic rings. The molecule has 140 valence electrons. The minimum absolute atomic E-state index is 0.0953. The molecule has 1 aromatic heterocycles. The van der Waals surface area contributed by atoms with E-state index in [2.05, 4.69) is 59.9 Å². The minimum Gasteiger partial charge on any atom is -0.332 e. The first-order valence-electron chi connectivity index (χ1n) is 9.14. The topological polar surface area (TPSA) is 34.0 Å². The van der Waals surface area contributed by atoms with Gasteiger partial charge < -0.3 is 9.88 Å². The first-order chi connectivity index (χ1) is 12.8. The first kappa shape index (κ1) is 19.4. The Balaban J connectivity index is 2.11. The number of nitrogens with zero attached hydrogens (tertiary/aromatic N) is 1. The van der Waals surface area contributed by atoms with E-state index in [4.69, 9.17) is 0 Å². The molecule has 0 aliphatic heterocycles. The van der Waals surface area contributed by atoms with Gasteiger partial charge in [0, 0.05) is 27.6 Å². The van der Waals surface area contributed by atoms with Gasteiger partial charge in [0.05, 0.1) is 0 Å². The zero-order chi connectivity index (χ0) is 19.7. The maximum Gasteiger partial charge on any atom is 0.272 e. The highest BCUT2D eigenvalue weighted by Crippen LogP contribution is 2.30. The van der Waals surface area contributed by atoms with Crippen LogP contribution in [0, 0.1) is 13.8 Å². The number of benzene rings is 2. The summed E-state index contributed by atoms with van der Waals surface area (Å²) < 4.78 is 3.04.